The maximum absolute atomic E-state index is 10.9. The number of nitro groups is 1. The van der Waals surface area contributed by atoms with Gasteiger partial charge in [0, 0.05) is 19.2 Å². The Morgan fingerprint density at radius 2 is 2.05 bits per heavy atom. The van der Waals surface area contributed by atoms with Crippen LogP contribution in [0, 0.1) is 17.0 Å². The summed E-state index contributed by atoms with van der Waals surface area (Å²) < 4.78 is 0. The van der Waals surface area contributed by atoms with E-state index in [4.69, 9.17) is 0 Å². The lowest BCUT2D eigenvalue weighted by Crippen LogP contribution is -2.26. The average molecular weight is 301 g/mol. The SMILES string of the molecule is Cc1cc(N(C)C(CCO)c2ccccc2)ncc1[N+](=O)[O-]. The fraction of sp³-hybridized carbons (Fsp3) is 0.312. The van der Waals surface area contributed by atoms with E-state index in [1.807, 2.05) is 42.3 Å². The number of aryl methyl sites for hydroxylation is 1. The molecule has 0 aliphatic carbocycles. The van der Waals surface area contributed by atoms with Crippen LogP contribution in [0.25, 0.3) is 0 Å². The second-order valence-electron chi connectivity index (χ2n) is 5.14. The van der Waals surface area contributed by atoms with E-state index in [0.29, 0.717) is 17.8 Å². The van der Waals surface area contributed by atoms with Gasteiger partial charge < -0.3 is 10.0 Å². The number of hydrogen-bond acceptors (Lipinski definition) is 5. The van der Waals surface area contributed by atoms with Crippen molar-refractivity contribution in [1.29, 1.82) is 0 Å². The zero-order valence-corrected chi connectivity index (χ0v) is 12.6. The highest BCUT2D eigenvalue weighted by molar-refractivity contribution is 5.49. The van der Waals surface area contributed by atoms with Crippen molar-refractivity contribution in [2.24, 2.45) is 0 Å². The van der Waals surface area contributed by atoms with Crippen LogP contribution in [0.15, 0.2) is 42.6 Å². The summed E-state index contributed by atoms with van der Waals surface area (Å²) in [5.74, 6) is 0.644. The molecule has 0 saturated carbocycles. The predicted octanol–water partition coefficient (Wildman–Crippen LogP) is 2.86. The van der Waals surface area contributed by atoms with Crippen LogP contribution < -0.4 is 4.90 Å². The molecule has 1 unspecified atom stereocenters. The molecule has 0 spiro atoms. The molecule has 1 N–H and O–H groups in total. The number of aromatic nitrogens is 1. The molecule has 22 heavy (non-hydrogen) atoms. The molecule has 1 heterocycles. The van der Waals surface area contributed by atoms with Crippen molar-refractivity contribution in [2.45, 2.75) is 19.4 Å². The minimum absolute atomic E-state index is 0.00979. The van der Waals surface area contributed by atoms with Crippen LogP contribution in [0.4, 0.5) is 11.5 Å². The molecule has 0 aliphatic rings. The molecule has 0 amide bonds. The van der Waals surface area contributed by atoms with Gasteiger partial charge in [-0.05, 0) is 25.0 Å². The number of rotatable bonds is 6. The summed E-state index contributed by atoms with van der Waals surface area (Å²) >= 11 is 0. The highest BCUT2D eigenvalue weighted by Crippen LogP contribution is 2.29. The van der Waals surface area contributed by atoms with Crippen LogP contribution in [0.1, 0.15) is 23.6 Å². The van der Waals surface area contributed by atoms with Crippen LogP contribution in [0.5, 0.6) is 0 Å². The molecular weight excluding hydrogens is 282 g/mol. The van der Waals surface area contributed by atoms with Crippen LogP contribution in [0.3, 0.4) is 0 Å². The van der Waals surface area contributed by atoms with Gasteiger partial charge in [-0.25, -0.2) is 4.98 Å². The predicted molar refractivity (Wildman–Crippen MR) is 84.9 cm³/mol. The molecule has 1 atom stereocenters. The first-order valence-corrected chi connectivity index (χ1v) is 7.04. The fourth-order valence-electron chi connectivity index (χ4n) is 2.46. The maximum atomic E-state index is 10.9. The summed E-state index contributed by atoms with van der Waals surface area (Å²) in [6.07, 6.45) is 1.83. The van der Waals surface area contributed by atoms with E-state index < -0.39 is 4.92 Å². The first-order valence-electron chi connectivity index (χ1n) is 7.04. The normalized spacial score (nSPS) is 12.0. The van der Waals surface area contributed by atoms with Gasteiger partial charge in [-0.3, -0.25) is 10.1 Å². The van der Waals surface area contributed by atoms with Gasteiger partial charge in [0.15, 0.2) is 0 Å². The average Bonchev–Trinajstić information content (AvgIpc) is 2.52. The van der Waals surface area contributed by atoms with Crippen LogP contribution in [-0.4, -0.2) is 28.7 Å². The second-order valence-corrected chi connectivity index (χ2v) is 5.14. The first kappa shape index (κ1) is 15.9. The molecule has 0 aliphatic heterocycles. The van der Waals surface area contributed by atoms with Gasteiger partial charge in [-0.1, -0.05) is 30.3 Å². The van der Waals surface area contributed by atoms with Crippen molar-refractivity contribution >= 4 is 11.5 Å². The topological polar surface area (TPSA) is 79.5 Å². The fourth-order valence-corrected chi connectivity index (χ4v) is 2.46. The van der Waals surface area contributed by atoms with Gasteiger partial charge in [0.05, 0.1) is 11.0 Å². The summed E-state index contributed by atoms with van der Waals surface area (Å²) in [4.78, 5) is 16.6. The zero-order valence-electron chi connectivity index (χ0n) is 12.6. The Morgan fingerprint density at radius 3 is 2.59 bits per heavy atom. The smallest absolute Gasteiger partial charge is 0.290 e. The lowest BCUT2D eigenvalue weighted by molar-refractivity contribution is -0.385. The number of aliphatic hydroxyl groups excluding tert-OH is 1. The molecule has 0 fully saturated rings. The molecule has 6 nitrogen and oxygen atoms in total. The molecule has 116 valence electrons. The molecule has 2 aromatic rings. The number of aliphatic hydroxyl groups is 1. The highest BCUT2D eigenvalue weighted by atomic mass is 16.6. The third-order valence-electron chi connectivity index (χ3n) is 3.68. The summed E-state index contributed by atoms with van der Waals surface area (Å²) in [5.41, 5.74) is 1.64. The number of benzene rings is 1. The van der Waals surface area contributed by atoms with E-state index in [-0.39, 0.29) is 18.3 Å². The molecule has 2 rings (SSSR count). The van der Waals surface area contributed by atoms with Gasteiger partial charge in [-0.15, -0.1) is 0 Å². The highest BCUT2D eigenvalue weighted by Gasteiger charge is 2.20. The van der Waals surface area contributed by atoms with E-state index in [0.717, 1.165) is 5.56 Å². The van der Waals surface area contributed by atoms with E-state index in [9.17, 15) is 15.2 Å². The molecule has 6 heteroatoms. The van der Waals surface area contributed by atoms with E-state index in [2.05, 4.69) is 4.98 Å². The van der Waals surface area contributed by atoms with Crippen molar-refractivity contribution in [2.75, 3.05) is 18.6 Å². The number of nitrogens with zero attached hydrogens (tertiary/aromatic N) is 3. The lowest BCUT2D eigenvalue weighted by atomic mass is 10.0. The molecule has 1 aromatic heterocycles. The van der Waals surface area contributed by atoms with Crippen LogP contribution >= 0.6 is 0 Å². The van der Waals surface area contributed by atoms with E-state index >= 15 is 0 Å². The Hall–Kier alpha value is -2.47. The van der Waals surface area contributed by atoms with Crippen molar-refractivity contribution in [3.8, 4) is 0 Å². The minimum atomic E-state index is -0.436. The molecule has 0 saturated heterocycles. The third kappa shape index (κ3) is 3.40. The summed E-state index contributed by atoms with van der Waals surface area (Å²) in [6.45, 7) is 1.75. The molecule has 0 bridgehead atoms. The Kier molecular flexibility index (Phi) is 5.06. The van der Waals surface area contributed by atoms with Crippen LogP contribution in [0.2, 0.25) is 0 Å². The van der Waals surface area contributed by atoms with Crippen molar-refractivity contribution < 1.29 is 10.0 Å². The van der Waals surface area contributed by atoms with Gasteiger partial charge in [0.1, 0.15) is 12.0 Å². The molecular formula is C16H19N3O3. The van der Waals surface area contributed by atoms with E-state index in [1.165, 1.54) is 6.20 Å². The van der Waals surface area contributed by atoms with Gasteiger partial charge in [0.25, 0.3) is 5.69 Å². The van der Waals surface area contributed by atoms with Gasteiger partial charge in [-0.2, -0.15) is 0 Å². The Morgan fingerprint density at radius 1 is 1.36 bits per heavy atom. The van der Waals surface area contributed by atoms with Crippen LogP contribution in [-0.2, 0) is 0 Å². The second kappa shape index (κ2) is 7.00. The lowest BCUT2D eigenvalue weighted by Gasteiger charge is -2.29. The summed E-state index contributed by atoms with van der Waals surface area (Å²) in [5, 5.41) is 20.2. The number of pyridine rings is 1. The van der Waals surface area contributed by atoms with Crippen molar-refractivity contribution in [3.05, 3.63) is 63.8 Å². The number of anilines is 1. The monoisotopic (exact) mass is 301 g/mol. The Balaban J connectivity index is 2.33. The largest absolute Gasteiger partial charge is 0.396 e. The number of hydrogen-bond donors (Lipinski definition) is 1. The van der Waals surface area contributed by atoms with Gasteiger partial charge >= 0.3 is 0 Å². The third-order valence-corrected chi connectivity index (χ3v) is 3.68. The molecule has 1 aromatic carbocycles. The Labute approximate surface area is 129 Å². The van der Waals surface area contributed by atoms with Gasteiger partial charge in [0.2, 0.25) is 0 Å². The Bertz CT molecular complexity index is 646. The van der Waals surface area contributed by atoms with Crippen molar-refractivity contribution in [1.82, 2.24) is 4.98 Å². The zero-order chi connectivity index (χ0) is 16.1. The quantitative estimate of drug-likeness (QED) is 0.655. The summed E-state index contributed by atoms with van der Waals surface area (Å²) in [7, 11) is 1.88. The van der Waals surface area contributed by atoms with Crippen molar-refractivity contribution in [3.63, 3.8) is 0 Å². The molecule has 0 radical (unpaired) electrons. The summed E-state index contributed by atoms with van der Waals surface area (Å²) in [6, 6.07) is 11.5. The maximum Gasteiger partial charge on any atom is 0.290 e. The van der Waals surface area contributed by atoms with E-state index in [1.54, 1.807) is 13.0 Å². The minimum Gasteiger partial charge on any atom is -0.396 e. The first-order chi connectivity index (χ1) is 10.5. The standard InChI is InChI=1S/C16H19N3O3/c1-12-10-16(17-11-15(12)19(21)22)18(2)14(8-9-20)13-6-4-3-5-7-13/h3-7,10-11,14,20H,8-9H2,1-2H3.